The third-order valence-corrected chi connectivity index (χ3v) is 4.16. The lowest BCUT2D eigenvalue weighted by atomic mass is 10.1. The molecule has 2 aromatic heterocycles. The van der Waals surface area contributed by atoms with Crippen LogP contribution in [0.5, 0.6) is 5.75 Å². The van der Waals surface area contributed by atoms with E-state index in [1.165, 1.54) is 12.2 Å². The molecule has 1 aliphatic rings. The van der Waals surface area contributed by atoms with Gasteiger partial charge in [-0.1, -0.05) is 0 Å². The van der Waals surface area contributed by atoms with Gasteiger partial charge in [0.15, 0.2) is 0 Å². The van der Waals surface area contributed by atoms with E-state index >= 15 is 0 Å². The molecule has 122 valence electrons. The van der Waals surface area contributed by atoms with Gasteiger partial charge < -0.3 is 14.7 Å². The molecule has 7 heteroatoms. The summed E-state index contributed by atoms with van der Waals surface area (Å²) in [7, 11) is 1.68. The highest BCUT2D eigenvalue weighted by Crippen LogP contribution is 2.34. The summed E-state index contributed by atoms with van der Waals surface area (Å²) < 4.78 is 6.32. The van der Waals surface area contributed by atoms with Crippen LogP contribution in [-0.2, 0) is 9.59 Å². The molecule has 0 bridgehead atoms. The zero-order valence-corrected chi connectivity index (χ0v) is 14.3. The highest BCUT2D eigenvalue weighted by atomic mass is 79.9. The first kappa shape index (κ1) is 16.1. The SMILES string of the molecule is COc1ccc2[nH]cc(-c3c[nH]cc3Br)c2c1.O=C1C=CC(=O)N1. The Morgan fingerprint density at radius 2 is 1.75 bits per heavy atom. The van der Waals surface area contributed by atoms with E-state index in [9.17, 15) is 9.59 Å². The van der Waals surface area contributed by atoms with Crippen molar-refractivity contribution in [3.05, 3.63) is 53.4 Å². The molecule has 0 unspecified atom stereocenters. The number of carbonyl (C=O) groups is 2. The van der Waals surface area contributed by atoms with Crippen LogP contribution >= 0.6 is 15.9 Å². The van der Waals surface area contributed by atoms with Gasteiger partial charge in [0.1, 0.15) is 5.75 Å². The van der Waals surface area contributed by atoms with Crippen molar-refractivity contribution >= 4 is 38.6 Å². The molecular formula is C17H14BrN3O3. The summed E-state index contributed by atoms with van der Waals surface area (Å²) in [5.41, 5.74) is 3.41. The zero-order valence-electron chi connectivity index (χ0n) is 12.7. The number of halogens is 1. The highest BCUT2D eigenvalue weighted by Gasteiger charge is 2.10. The third kappa shape index (κ3) is 3.26. The number of rotatable bonds is 2. The molecule has 0 aliphatic carbocycles. The molecule has 0 spiro atoms. The Morgan fingerprint density at radius 3 is 2.29 bits per heavy atom. The molecule has 3 N–H and O–H groups in total. The van der Waals surface area contributed by atoms with Crippen LogP contribution in [0.4, 0.5) is 0 Å². The molecule has 1 aliphatic heterocycles. The van der Waals surface area contributed by atoms with Crippen LogP contribution in [0.2, 0.25) is 0 Å². The summed E-state index contributed by atoms with van der Waals surface area (Å²) in [6.45, 7) is 0. The van der Waals surface area contributed by atoms with E-state index in [4.69, 9.17) is 4.74 Å². The summed E-state index contributed by atoms with van der Waals surface area (Å²) in [5, 5.41) is 3.18. The van der Waals surface area contributed by atoms with Gasteiger partial charge in [-0.15, -0.1) is 0 Å². The maximum atomic E-state index is 10.0. The van der Waals surface area contributed by atoms with Crippen molar-refractivity contribution in [3.63, 3.8) is 0 Å². The first-order chi connectivity index (χ1) is 11.6. The van der Waals surface area contributed by atoms with E-state index in [-0.39, 0.29) is 11.8 Å². The number of benzene rings is 1. The van der Waals surface area contributed by atoms with Gasteiger partial charge in [-0.05, 0) is 34.1 Å². The fourth-order valence-corrected chi connectivity index (χ4v) is 2.82. The van der Waals surface area contributed by atoms with Gasteiger partial charge in [0.05, 0.1) is 7.11 Å². The maximum Gasteiger partial charge on any atom is 0.250 e. The van der Waals surface area contributed by atoms with E-state index in [1.54, 1.807) is 7.11 Å². The normalized spacial score (nSPS) is 12.9. The predicted octanol–water partition coefficient (Wildman–Crippen LogP) is 3.13. The van der Waals surface area contributed by atoms with Crippen LogP contribution < -0.4 is 10.1 Å². The zero-order chi connectivity index (χ0) is 17.1. The van der Waals surface area contributed by atoms with Gasteiger partial charge in [-0.3, -0.25) is 14.9 Å². The Kier molecular flexibility index (Phi) is 4.52. The Labute approximate surface area is 146 Å². The monoisotopic (exact) mass is 387 g/mol. The number of fused-ring (bicyclic) bond motifs is 1. The Balaban J connectivity index is 0.000000203. The van der Waals surface area contributed by atoms with Crippen molar-refractivity contribution in [1.82, 2.24) is 15.3 Å². The number of amides is 2. The van der Waals surface area contributed by atoms with E-state index in [2.05, 4.69) is 25.9 Å². The largest absolute Gasteiger partial charge is 0.497 e. The second-order valence-electron chi connectivity index (χ2n) is 5.02. The smallest absolute Gasteiger partial charge is 0.250 e. The molecule has 0 fully saturated rings. The number of ether oxygens (including phenoxy) is 1. The van der Waals surface area contributed by atoms with Gasteiger partial charge in [0.2, 0.25) is 0 Å². The van der Waals surface area contributed by atoms with E-state index < -0.39 is 0 Å². The van der Waals surface area contributed by atoms with E-state index in [1.807, 2.05) is 42.1 Å². The Bertz CT molecular complexity index is 924. The number of carbonyl (C=O) groups excluding carboxylic acids is 2. The average Bonchev–Trinajstić information content (AvgIpc) is 3.27. The average molecular weight is 388 g/mol. The van der Waals surface area contributed by atoms with Crippen LogP contribution in [0.25, 0.3) is 22.0 Å². The van der Waals surface area contributed by atoms with Gasteiger partial charge in [0.25, 0.3) is 11.8 Å². The number of aromatic amines is 2. The maximum absolute atomic E-state index is 10.0. The molecule has 0 saturated carbocycles. The number of H-pyrrole nitrogens is 2. The predicted molar refractivity (Wildman–Crippen MR) is 94.6 cm³/mol. The van der Waals surface area contributed by atoms with Crippen molar-refractivity contribution in [3.8, 4) is 16.9 Å². The third-order valence-electron chi connectivity index (χ3n) is 3.51. The van der Waals surface area contributed by atoms with Crippen molar-refractivity contribution in [2.24, 2.45) is 0 Å². The standard InChI is InChI=1S/C13H11BrN2O.C4H3NO2/c1-17-8-2-3-13-9(4-8)10(6-16-13)11-5-15-7-12(11)14;6-3-1-2-4(7)5-3/h2-7,15-16H,1H3;1-2H,(H,5,6,7). The molecule has 24 heavy (non-hydrogen) atoms. The number of hydrogen-bond donors (Lipinski definition) is 3. The molecule has 3 heterocycles. The first-order valence-corrected chi connectivity index (χ1v) is 7.88. The van der Waals surface area contributed by atoms with E-state index in [0.29, 0.717) is 0 Å². The highest BCUT2D eigenvalue weighted by molar-refractivity contribution is 9.10. The van der Waals surface area contributed by atoms with E-state index in [0.717, 1.165) is 32.3 Å². The number of hydrogen-bond acceptors (Lipinski definition) is 3. The van der Waals surface area contributed by atoms with Crippen molar-refractivity contribution in [2.45, 2.75) is 0 Å². The lowest BCUT2D eigenvalue weighted by Gasteiger charge is -2.01. The van der Waals surface area contributed by atoms with Crippen LogP contribution in [0.1, 0.15) is 0 Å². The lowest BCUT2D eigenvalue weighted by molar-refractivity contribution is -0.123. The summed E-state index contributed by atoms with van der Waals surface area (Å²) in [6.07, 6.45) is 8.31. The number of nitrogens with one attached hydrogen (secondary N) is 3. The minimum atomic E-state index is -0.329. The lowest BCUT2D eigenvalue weighted by Crippen LogP contribution is -2.19. The van der Waals surface area contributed by atoms with Crippen molar-refractivity contribution < 1.29 is 14.3 Å². The summed E-state index contributed by atoms with van der Waals surface area (Å²) >= 11 is 3.53. The molecule has 3 aromatic rings. The van der Waals surface area contributed by atoms with Gasteiger partial charge >= 0.3 is 0 Å². The summed E-state index contributed by atoms with van der Waals surface area (Å²) in [5.74, 6) is 0.208. The van der Waals surface area contributed by atoms with Crippen LogP contribution in [-0.4, -0.2) is 28.9 Å². The number of methoxy groups -OCH3 is 1. The molecule has 0 saturated heterocycles. The van der Waals surface area contributed by atoms with Gasteiger partial charge in [-0.2, -0.15) is 0 Å². The number of aromatic nitrogens is 2. The molecule has 4 rings (SSSR count). The van der Waals surface area contributed by atoms with Crippen molar-refractivity contribution in [1.29, 1.82) is 0 Å². The molecular weight excluding hydrogens is 374 g/mol. The van der Waals surface area contributed by atoms with Gasteiger partial charge in [-0.25, -0.2) is 0 Å². The second-order valence-corrected chi connectivity index (χ2v) is 5.87. The summed E-state index contributed by atoms with van der Waals surface area (Å²) in [4.78, 5) is 26.4. The van der Waals surface area contributed by atoms with Crippen LogP contribution in [0.15, 0.2) is 53.4 Å². The molecule has 6 nitrogen and oxygen atoms in total. The molecule has 0 radical (unpaired) electrons. The topological polar surface area (TPSA) is 87.0 Å². The fraction of sp³-hybridized carbons (Fsp3) is 0.0588. The quantitative estimate of drug-likeness (QED) is 0.590. The van der Waals surface area contributed by atoms with Gasteiger partial charge in [0, 0.05) is 57.2 Å². The molecule has 2 amide bonds. The van der Waals surface area contributed by atoms with Crippen LogP contribution in [0, 0.1) is 0 Å². The van der Waals surface area contributed by atoms with Crippen LogP contribution in [0.3, 0.4) is 0 Å². The second kappa shape index (κ2) is 6.76. The Morgan fingerprint density at radius 1 is 1.00 bits per heavy atom. The summed E-state index contributed by atoms with van der Waals surface area (Å²) in [6, 6.07) is 6.02. The van der Waals surface area contributed by atoms with Crippen molar-refractivity contribution in [2.75, 3.05) is 7.11 Å². The number of imide groups is 1. The fourth-order valence-electron chi connectivity index (χ4n) is 2.36. The molecule has 0 atom stereocenters. The minimum absolute atomic E-state index is 0.329. The Hall–Kier alpha value is -2.80. The first-order valence-electron chi connectivity index (χ1n) is 7.09. The minimum Gasteiger partial charge on any atom is -0.497 e. The molecule has 1 aromatic carbocycles.